The summed E-state index contributed by atoms with van der Waals surface area (Å²) in [4.78, 5) is 2.45. The summed E-state index contributed by atoms with van der Waals surface area (Å²) >= 11 is 0. The first-order valence-electron chi connectivity index (χ1n) is 3.92. The first-order valence-corrected chi connectivity index (χ1v) is 3.92. The van der Waals surface area contributed by atoms with Gasteiger partial charge in [0.05, 0.1) is 0 Å². The van der Waals surface area contributed by atoms with Gasteiger partial charge in [-0.3, -0.25) is 0 Å². The number of likely N-dealkylation sites (tertiary alicyclic amines) is 1. The van der Waals surface area contributed by atoms with Crippen LogP contribution in [-0.2, 0) is 0 Å². The molecule has 0 aliphatic carbocycles. The van der Waals surface area contributed by atoms with Crippen LogP contribution in [0.25, 0.3) is 0 Å². The summed E-state index contributed by atoms with van der Waals surface area (Å²) in [5.41, 5.74) is 0. The standard InChI is InChI=1S/C8H17N/c1-7-5-4-6-9(3)8(7)2/h7-8H,4-6H2,1-3H3/t7-,8?/m1/s1. The van der Waals surface area contributed by atoms with E-state index in [1.54, 1.807) is 0 Å². The number of piperidine rings is 1. The minimum atomic E-state index is 0.804. The SMILES string of the molecule is CC1[C@H](C)CCCN1C. The Kier molecular flexibility index (Phi) is 2.12. The predicted octanol–water partition coefficient (Wildman–Crippen LogP) is 1.74. The van der Waals surface area contributed by atoms with Crippen molar-refractivity contribution in [1.82, 2.24) is 4.90 Å². The second-order valence-electron chi connectivity index (χ2n) is 3.34. The molecule has 0 aromatic heterocycles. The highest BCUT2D eigenvalue weighted by atomic mass is 15.1. The fourth-order valence-corrected chi connectivity index (χ4v) is 1.54. The Morgan fingerprint density at radius 1 is 1.33 bits per heavy atom. The number of rotatable bonds is 0. The molecular formula is C8H17N. The Hall–Kier alpha value is -0.0400. The van der Waals surface area contributed by atoms with E-state index in [9.17, 15) is 0 Å². The summed E-state index contributed by atoms with van der Waals surface area (Å²) in [5.74, 6) is 0.906. The van der Waals surface area contributed by atoms with Crippen LogP contribution in [0.4, 0.5) is 0 Å². The van der Waals surface area contributed by atoms with Crippen LogP contribution in [0, 0.1) is 5.92 Å². The van der Waals surface area contributed by atoms with E-state index in [-0.39, 0.29) is 0 Å². The molecule has 2 atom stereocenters. The van der Waals surface area contributed by atoms with Gasteiger partial charge in [0.2, 0.25) is 0 Å². The summed E-state index contributed by atoms with van der Waals surface area (Å²) in [6.07, 6.45) is 2.81. The maximum absolute atomic E-state index is 2.45. The van der Waals surface area contributed by atoms with Crippen LogP contribution in [0.5, 0.6) is 0 Å². The average Bonchev–Trinajstić information content (AvgIpc) is 1.83. The van der Waals surface area contributed by atoms with E-state index in [1.165, 1.54) is 19.4 Å². The van der Waals surface area contributed by atoms with Gasteiger partial charge in [-0.1, -0.05) is 6.92 Å². The van der Waals surface area contributed by atoms with Crippen molar-refractivity contribution in [3.05, 3.63) is 0 Å². The van der Waals surface area contributed by atoms with Crippen LogP contribution in [0.3, 0.4) is 0 Å². The Morgan fingerprint density at radius 2 is 2.00 bits per heavy atom. The zero-order chi connectivity index (χ0) is 6.85. The second kappa shape index (κ2) is 2.70. The average molecular weight is 127 g/mol. The Balaban J connectivity index is 2.41. The maximum atomic E-state index is 2.45. The number of hydrogen-bond acceptors (Lipinski definition) is 1. The van der Waals surface area contributed by atoms with Crippen LogP contribution in [0.15, 0.2) is 0 Å². The van der Waals surface area contributed by atoms with Gasteiger partial charge >= 0.3 is 0 Å². The molecule has 0 N–H and O–H groups in total. The maximum Gasteiger partial charge on any atom is 0.00895 e. The van der Waals surface area contributed by atoms with Gasteiger partial charge < -0.3 is 4.90 Å². The van der Waals surface area contributed by atoms with Crippen molar-refractivity contribution in [2.24, 2.45) is 5.92 Å². The molecule has 54 valence electrons. The van der Waals surface area contributed by atoms with Crippen molar-refractivity contribution < 1.29 is 0 Å². The van der Waals surface area contributed by atoms with Crippen LogP contribution in [0.1, 0.15) is 26.7 Å². The van der Waals surface area contributed by atoms with Crippen molar-refractivity contribution in [2.75, 3.05) is 13.6 Å². The molecule has 1 rings (SSSR count). The number of nitrogens with zero attached hydrogens (tertiary/aromatic N) is 1. The summed E-state index contributed by atoms with van der Waals surface area (Å²) in [7, 11) is 2.22. The largest absolute Gasteiger partial charge is 0.303 e. The molecule has 1 aliphatic rings. The van der Waals surface area contributed by atoms with Gasteiger partial charge in [0.1, 0.15) is 0 Å². The van der Waals surface area contributed by atoms with E-state index in [2.05, 4.69) is 25.8 Å². The molecule has 9 heavy (non-hydrogen) atoms. The zero-order valence-electron chi connectivity index (χ0n) is 6.72. The lowest BCUT2D eigenvalue weighted by atomic mass is 9.93. The van der Waals surface area contributed by atoms with E-state index in [0.717, 1.165) is 12.0 Å². The van der Waals surface area contributed by atoms with Crippen LogP contribution in [-0.4, -0.2) is 24.5 Å². The minimum absolute atomic E-state index is 0.804. The Morgan fingerprint density at radius 3 is 2.44 bits per heavy atom. The van der Waals surface area contributed by atoms with E-state index in [4.69, 9.17) is 0 Å². The van der Waals surface area contributed by atoms with Crippen LogP contribution < -0.4 is 0 Å². The van der Waals surface area contributed by atoms with E-state index in [1.807, 2.05) is 0 Å². The quantitative estimate of drug-likeness (QED) is 0.479. The molecule has 1 heteroatoms. The monoisotopic (exact) mass is 127 g/mol. The normalized spacial score (nSPS) is 39.0. The van der Waals surface area contributed by atoms with Crippen LogP contribution in [0.2, 0.25) is 0 Å². The van der Waals surface area contributed by atoms with Gasteiger partial charge in [-0.25, -0.2) is 0 Å². The van der Waals surface area contributed by atoms with E-state index >= 15 is 0 Å². The second-order valence-corrected chi connectivity index (χ2v) is 3.34. The fourth-order valence-electron chi connectivity index (χ4n) is 1.54. The van der Waals surface area contributed by atoms with Gasteiger partial charge in [0.25, 0.3) is 0 Å². The van der Waals surface area contributed by atoms with Crippen molar-refractivity contribution in [3.8, 4) is 0 Å². The summed E-state index contributed by atoms with van der Waals surface area (Å²) in [5, 5.41) is 0. The summed E-state index contributed by atoms with van der Waals surface area (Å²) in [6.45, 7) is 5.97. The third kappa shape index (κ3) is 1.45. The first-order chi connectivity index (χ1) is 4.22. The smallest absolute Gasteiger partial charge is 0.00895 e. The lowest BCUT2D eigenvalue weighted by molar-refractivity contribution is 0.145. The molecule has 1 aliphatic heterocycles. The molecule has 0 spiro atoms. The fraction of sp³-hybridized carbons (Fsp3) is 1.00. The lowest BCUT2D eigenvalue weighted by Gasteiger charge is -2.34. The Labute approximate surface area is 58.0 Å². The van der Waals surface area contributed by atoms with Gasteiger partial charge in [-0.2, -0.15) is 0 Å². The number of hydrogen-bond donors (Lipinski definition) is 0. The van der Waals surface area contributed by atoms with Crippen LogP contribution >= 0.6 is 0 Å². The molecule has 1 heterocycles. The lowest BCUT2D eigenvalue weighted by Crippen LogP contribution is -2.39. The van der Waals surface area contributed by atoms with Gasteiger partial charge in [0.15, 0.2) is 0 Å². The van der Waals surface area contributed by atoms with Crippen molar-refractivity contribution in [2.45, 2.75) is 32.7 Å². The van der Waals surface area contributed by atoms with E-state index in [0.29, 0.717) is 0 Å². The molecule has 1 fully saturated rings. The van der Waals surface area contributed by atoms with Gasteiger partial charge in [-0.05, 0) is 39.3 Å². The summed E-state index contributed by atoms with van der Waals surface area (Å²) < 4.78 is 0. The van der Waals surface area contributed by atoms with Crippen molar-refractivity contribution >= 4 is 0 Å². The zero-order valence-corrected chi connectivity index (χ0v) is 6.72. The molecular weight excluding hydrogens is 110 g/mol. The van der Waals surface area contributed by atoms with Crippen molar-refractivity contribution in [1.29, 1.82) is 0 Å². The first kappa shape index (κ1) is 7.07. The third-order valence-electron chi connectivity index (χ3n) is 2.69. The molecule has 1 nitrogen and oxygen atoms in total. The molecule has 0 aromatic rings. The van der Waals surface area contributed by atoms with E-state index < -0.39 is 0 Å². The Bertz CT molecular complexity index is 80.6. The van der Waals surface area contributed by atoms with Gasteiger partial charge in [0, 0.05) is 6.04 Å². The molecule has 0 radical (unpaired) electrons. The summed E-state index contributed by atoms with van der Waals surface area (Å²) in [6, 6.07) is 0.804. The predicted molar refractivity (Wildman–Crippen MR) is 40.5 cm³/mol. The molecule has 1 saturated heterocycles. The molecule has 1 unspecified atom stereocenters. The molecule has 0 saturated carbocycles. The highest BCUT2D eigenvalue weighted by Gasteiger charge is 2.20. The highest BCUT2D eigenvalue weighted by Crippen LogP contribution is 2.20. The molecule has 0 bridgehead atoms. The minimum Gasteiger partial charge on any atom is -0.303 e. The topological polar surface area (TPSA) is 3.24 Å². The highest BCUT2D eigenvalue weighted by molar-refractivity contribution is 4.75. The molecule has 0 amide bonds. The van der Waals surface area contributed by atoms with Crippen molar-refractivity contribution in [3.63, 3.8) is 0 Å². The molecule has 0 aromatic carbocycles. The van der Waals surface area contributed by atoms with Gasteiger partial charge in [-0.15, -0.1) is 0 Å². The third-order valence-corrected chi connectivity index (χ3v) is 2.69.